The Morgan fingerprint density at radius 3 is 1.78 bits per heavy atom. The third-order valence-electron chi connectivity index (χ3n) is 11.9. The van der Waals surface area contributed by atoms with E-state index >= 15 is 0 Å². The SMILES string of the molecule is CC1(C)c2ccccc2-c2cc(N(c3ccc(-c4ccc5c(c4)c4ccccc4n5-c4ccc5ccccc5c4)cc3)c3ccc4ccccc4c3)ccc21. The minimum absolute atomic E-state index is 0.0389. The van der Waals surface area contributed by atoms with Crippen molar-refractivity contribution in [2.45, 2.75) is 19.3 Å². The minimum Gasteiger partial charge on any atom is -0.310 e. The molecule has 2 nitrogen and oxygen atoms in total. The van der Waals surface area contributed by atoms with Crippen molar-refractivity contribution in [1.29, 1.82) is 0 Å². The first kappa shape index (κ1) is 31.6. The summed E-state index contributed by atoms with van der Waals surface area (Å²) in [5.74, 6) is 0. The van der Waals surface area contributed by atoms with Gasteiger partial charge in [-0.05, 0) is 122 Å². The third-order valence-corrected chi connectivity index (χ3v) is 11.9. The van der Waals surface area contributed by atoms with Gasteiger partial charge in [-0.1, -0.05) is 141 Å². The largest absolute Gasteiger partial charge is 0.310 e. The van der Waals surface area contributed by atoms with Crippen LogP contribution in [0.1, 0.15) is 25.0 Å². The molecular formula is C53H38N2. The van der Waals surface area contributed by atoms with Gasteiger partial charge in [0.15, 0.2) is 0 Å². The van der Waals surface area contributed by atoms with Gasteiger partial charge in [0, 0.05) is 38.9 Å². The van der Waals surface area contributed by atoms with Crippen molar-refractivity contribution in [2.75, 3.05) is 4.90 Å². The molecule has 1 aliphatic rings. The first-order valence-corrected chi connectivity index (χ1v) is 19.2. The van der Waals surface area contributed by atoms with Crippen LogP contribution < -0.4 is 4.90 Å². The van der Waals surface area contributed by atoms with Crippen molar-refractivity contribution in [2.24, 2.45) is 0 Å². The highest BCUT2D eigenvalue weighted by atomic mass is 15.1. The number of anilines is 3. The van der Waals surface area contributed by atoms with E-state index in [1.165, 1.54) is 82.4 Å². The lowest BCUT2D eigenvalue weighted by Gasteiger charge is -2.27. The Morgan fingerprint density at radius 1 is 0.382 bits per heavy atom. The van der Waals surface area contributed by atoms with Crippen LogP contribution >= 0.6 is 0 Å². The molecule has 10 aromatic rings. The van der Waals surface area contributed by atoms with Crippen LogP contribution in [0.25, 0.3) is 71.3 Å². The Labute approximate surface area is 321 Å². The van der Waals surface area contributed by atoms with E-state index in [0.717, 1.165) is 17.1 Å². The molecule has 0 radical (unpaired) electrons. The van der Waals surface area contributed by atoms with Crippen LogP contribution in [0.2, 0.25) is 0 Å². The summed E-state index contributed by atoms with van der Waals surface area (Å²) in [6.07, 6.45) is 0. The highest BCUT2D eigenvalue weighted by Gasteiger charge is 2.35. The second-order valence-corrected chi connectivity index (χ2v) is 15.4. The summed E-state index contributed by atoms with van der Waals surface area (Å²) >= 11 is 0. The van der Waals surface area contributed by atoms with Crippen molar-refractivity contribution in [1.82, 2.24) is 4.57 Å². The smallest absolute Gasteiger partial charge is 0.0541 e. The van der Waals surface area contributed by atoms with Crippen LogP contribution in [-0.4, -0.2) is 4.57 Å². The number of nitrogens with zero attached hydrogens (tertiary/aromatic N) is 2. The molecule has 55 heavy (non-hydrogen) atoms. The molecule has 1 aliphatic carbocycles. The molecule has 0 saturated carbocycles. The van der Waals surface area contributed by atoms with E-state index in [1.807, 2.05) is 0 Å². The zero-order valence-corrected chi connectivity index (χ0v) is 30.9. The van der Waals surface area contributed by atoms with Gasteiger partial charge >= 0.3 is 0 Å². The Balaban J connectivity index is 1.02. The molecule has 9 aromatic carbocycles. The molecular weight excluding hydrogens is 665 g/mol. The molecule has 0 unspecified atom stereocenters. The highest BCUT2D eigenvalue weighted by molar-refractivity contribution is 6.10. The number of aromatic nitrogens is 1. The van der Waals surface area contributed by atoms with Crippen LogP contribution in [0.15, 0.2) is 194 Å². The normalized spacial score (nSPS) is 13.1. The Kier molecular flexibility index (Phi) is 6.93. The minimum atomic E-state index is -0.0389. The highest BCUT2D eigenvalue weighted by Crippen LogP contribution is 2.50. The quantitative estimate of drug-likeness (QED) is 0.173. The molecule has 260 valence electrons. The topological polar surface area (TPSA) is 8.17 Å². The van der Waals surface area contributed by atoms with E-state index in [4.69, 9.17) is 0 Å². The van der Waals surface area contributed by atoms with Gasteiger partial charge in [-0.2, -0.15) is 0 Å². The number of hydrogen-bond acceptors (Lipinski definition) is 1. The van der Waals surface area contributed by atoms with Gasteiger partial charge in [0.05, 0.1) is 11.0 Å². The van der Waals surface area contributed by atoms with Crippen LogP contribution in [0.3, 0.4) is 0 Å². The molecule has 0 amide bonds. The molecule has 0 fully saturated rings. The van der Waals surface area contributed by atoms with E-state index in [2.05, 4.69) is 217 Å². The summed E-state index contributed by atoms with van der Waals surface area (Å²) in [5, 5.41) is 7.47. The van der Waals surface area contributed by atoms with E-state index in [-0.39, 0.29) is 5.41 Å². The van der Waals surface area contributed by atoms with Gasteiger partial charge in [0.25, 0.3) is 0 Å². The van der Waals surface area contributed by atoms with E-state index < -0.39 is 0 Å². The summed E-state index contributed by atoms with van der Waals surface area (Å²) in [6, 6.07) is 71.5. The Hall–Kier alpha value is -6.90. The van der Waals surface area contributed by atoms with Crippen molar-refractivity contribution in [3.63, 3.8) is 0 Å². The molecule has 1 heterocycles. The van der Waals surface area contributed by atoms with Gasteiger partial charge in [-0.15, -0.1) is 0 Å². The fourth-order valence-electron chi connectivity index (χ4n) is 9.16. The van der Waals surface area contributed by atoms with Gasteiger partial charge in [0.2, 0.25) is 0 Å². The van der Waals surface area contributed by atoms with Crippen molar-refractivity contribution in [3.05, 3.63) is 205 Å². The summed E-state index contributed by atoms with van der Waals surface area (Å²) in [5.41, 5.74) is 14.8. The van der Waals surface area contributed by atoms with Crippen LogP contribution in [0.4, 0.5) is 17.1 Å². The molecule has 0 bridgehead atoms. The lowest BCUT2D eigenvalue weighted by atomic mass is 9.82. The van der Waals surface area contributed by atoms with Crippen LogP contribution in [-0.2, 0) is 5.41 Å². The fraction of sp³-hybridized carbons (Fsp3) is 0.0566. The maximum Gasteiger partial charge on any atom is 0.0541 e. The number of hydrogen-bond donors (Lipinski definition) is 0. The average molecular weight is 703 g/mol. The van der Waals surface area contributed by atoms with Crippen LogP contribution in [0, 0.1) is 0 Å². The molecule has 2 heteroatoms. The first-order valence-electron chi connectivity index (χ1n) is 19.2. The van der Waals surface area contributed by atoms with Gasteiger partial charge < -0.3 is 9.47 Å². The molecule has 0 atom stereocenters. The number of benzene rings is 9. The standard InChI is InChI=1S/C53H38N2/c1-53(2)49-17-9-7-15-45(49)47-34-44(28-29-50(47)53)54(42-26-21-35-11-3-5-13-38(35)31-42)41-24-19-37(20-25-41)40-23-30-52-48(33-40)46-16-8-10-18-51(46)55(52)43-27-22-36-12-4-6-14-39(36)32-43/h3-34H,1-2H3. The second kappa shape index (κ2) is 12.1. The lowest BCUT2D eigenvalue weighted by molar-refractivity contribution is 0.660. The molecule has 0 saturated heterocycles. The van der Waals surface area contributed by atoms with Crippen molar-refractivity contribution >= 4 is 60.4 Å². The molecule has 0 spiro atoms. The molecule has 1 aromatic heterocycles. The number of para-hydroxylation sites is 1. The van der Waals surface area contributed by atoms with Crippen molar-refractivity contribution < 1.29 is 0 Å². The zero-order valence-electron chi connectivity index (χ0n) is 30.9. The van der Waals surface area contributed by atoms with E-state index in [0.29, 0.717) is 0 Å². The number of rotatable bonds is 5. The second-order valence-electron chi connectivity index (χ2n) is 15.4. The maximum atomic E-state index is 2.41. The first-order chi connectivity index (χ1) is 27.0. The Morgan fingerprint density at radius 2 is 0.964 bits per heavy atom. The third kappa shape index (κ3) is 4.95. The van der Waals surface area contributed by atoms with E-state index in [9.17, 15) is 0 Å². The summed E-state index contributed by atoms with van der Waals surface area (Å²) in [4.78, 5) is 2.41. The zero-order chi connectivity index (χ0) is 36.7. The molecule has 11 rings (SSSR count). The maximum absolute atomic E-state index is 2.41. The van der Waals surface area contributed by atoms with Gasteiger partial charge in [0.1, 0.15) is 0 Å². The Bertz CT molecular complexity index is 3130. The molecule has 0 N–H and O–H groups in total. The number of fused-ring (bicyclic) bond motifs is 8. The van der Waals surface area contributed by atoms with E-state index in [1.54, 1.807) is 0 Å². The fourth-order valence-corrected chi connectivity index (χ4v) is 9.16. The predicted molar refractivity (Wildman–Crippen MR) is 233 cm³/mol. The lowest BCUT2D eigenvalue weighted by Crippen LogP contribution is -2.15. The average Bonchev–Trinajstić information content (AvgIpc) is 3.69. The molecule has 0 aliphatic heterocycles. The summed E-state index contributed by atoms with van der Waals surface area (Å²) < 4.78 is 2.40. The van der Waals surface area contributed by atoms with Crippen LogP contribution in [0.5, 0.6) is 0 Å². The monoisotopic (exact) mass is 702 g/mol. The summed E-state index contributed by atoms with van der Waals surface area (Å²) in [6.45, 7) is 4.69. The van der Waals surface area contributed by atoms with Gasteiger partial charge in [-0.3, -0.25) is 0 Å². The van der Waals surface area contributed by atoms with Crippen molar-refractivity contribution in [3.8, 4) is 27.9 Å². The van der Waals surface area contributed by atoms with Gasteiger partial charge in [-0.25, -0.2) is 0 Å². The predicted octanol–water partition coefficient (Wildman–Crippen LogP) is 14.5. The summed E-state index contributed by atoms with van der Waals surface area (Å²) in [7, 11) is 0.